The third kappa shape index (κ3) is 1.97. The first kappa shape index (κ1) is 11.3. The van der Waals surface area contributed by atoms with Gasteiger partial charge in [-0.3, -0.25) is 0 Å². The Kier molecular flexibility index (Phi) is 2.65. The van der Waals surface area contributed by atoms with Gasteiger partial charge in [-0.05, 0) is 48.6 Å². The molecule has 1 nitrogen and oxygen atoms in total. The maximum absolute atomic E-state index is 6.33. The molecule has 0 saturated heterocycles. The molecule has 0 bridgehead atoms. The third-order valence-corrected chi connectivity index (χ3v) is 5.58. The second-order valence-electron chi connectivity index (χ2n) is 5.48. The largest absolute Gasteiger partial charge is 0.309 e. The van der Waals surface area contributed by atoms with Gasteiger partial charge in [0.1, 0.15) is 0 Å². The molecule has 2 aliphatic rings. The number of hydrogen-bond donors (Lipinski definition) is 1. The third-order valence-electron chi connectivity index (χ3n) is 3.90. The Hall–Kier alpha value is -0.570. The average Bonchev–Trinajstić information content (AvgIpc) is 3.26. The van der Waals surface area contributed by atoms with Gasteiger partial charge in [0.05, 0.1) is 9.72 Å². The Morgan fingerprint density at radius 1 is 1.22 bits per heavy atom. The zero-order valence-corrected chi connectivity index (χ0v) is 11.8. The molecule has 0 radical (unpaired) electrons. The van der Waals surface area contributed by atoms with E-state index < -0.39 is 0 Å². The van der Waals surface area contributed by atoms with Crippen molar-refractivity contribution < 1.29 is 0 Å². The van der Waals surface area contributed by atoms with Crippen LogP contribution in [-0.4, -0.2) is 6.04 Å². The summed E-state index contributed by atoms with van der Waals surface area (Å²) in [6.45, 7) is 1.03. The van der Waals surface area contributed by atoms with Crippen LogP contribution in [0.25, 0.3) is 10.1 Å². The van der Waals surface area contributed by atoms with E-state index in [1.54, 1.807) is 5.56 Å². The van der Waals surface area contributed by atoms with Gasteiger partial charge in [0, 0.05) is 17.5 Å². The summed E-state index contributed by atoms with van der Waals surface area (Å²) in [5, 5.41) is 5.96. The molecular weight excluding hydrogens is 262 g/mol. The van der Waals surface area contributed by atoms with Crippen molar-refractivity contribution in [1.82, 2.24) is 5.32 Å². The van der Waals surface area contributed by atoms with Crippen molar-refractivity contribution in [3.8, 4) is 0 Å². The van der Waals surface area contributed by atoms with Gasteiger partial charge in [-0.1, -0.05) is 23.7 Å². The lowest BCUT2D eigenvalue weighted by Crippen LogP contribution is -2.15. The molecule has 3 heteroatoms. The Balaban J connectivity index is 1.78. The summed E-state index contributed by atoms with van der Waals surface area (Å²) in [5.41, 5.74) is 1.59. The maximum atomic E-state index is 6.33. The summed E-state index contributed by atoms with van der Waals surface area (Å²) in [6.07, 6.45) is 5.42. The van der Waals surface area contributed by atoms with Crippen molar-refractivity contribution in [2.45, 2.75) is 44.2 Å². The number of rotatable bonds is 4. The molecule has 1 aromatic carbocycles. The molecule has 0 atom stereocenters. The Labute approximate surface area is 116 Å². The predicted molar refractivity (Wildman–Crippen MR) is 78.7 cm³/mol. The monoisotopic (exact) mass is 277 g/mol. The Bertz CT molecular complexity index is 596. The fourth-order valence-corrected chi connectivity index (χ4v) is 4.16. The topological polar surface area (TPSA) is 12.0 Å². The van der Waals surface area contributed by atoms with Crippen LogP contribution >= 0.6 is 22.9 Å². The van der Waals surface area contributed by atoms with E-state index >= 15 is 0 Å². The van der Waals surface area contributed by atoms with E-state index in [1.807, 2.05) is 17.4 Å². The van der Waals surface area contributed by atoms with Gasteiger partial charge in [0.15, 0.2) is 0 Å². The van der Waals surface area contributed by atoms with Crippen LogP contribution in [0.2, 0.25) is 5.02 Å². The quantitative estimate of drug-likeness (QED) is 0.855. The highest BCUT2D eigenvalue weighted by Gasteiger charge is 2.30. The van der Waals surface area contributed by atoms with Gasteiger partial charge in [-0.25, -0.2) is 0 Å². The number of benzene rings is 1. The molecule has 94 valence electrons. The molecule has 0 unspecified atom stereocenters. The molecule has 1 aromatic heterocycles. The molecule has 18 heavy (non-hydrogen) atoms. The molecule has 2 aliphatic carbocycles. The van der Waals surface area contributed by atoms with Crippen LogP contribution in [0.3, 0.4) is 0 Å². The second kappa shape index (κ2) is 4.22. The fraction of sp³-hybridized carbons (Fsp3) is 0.467. The van der Waals surface area contributed by atoms with Crippen LogP contribution in [0.15, 0.2) is 18.2 Å². The number of fused-ring (bicyclic) bond motifs is 1. The van der Waals surface area contributed by atoms with E-state index in [-0.39, 0.29) is 0 Å². The standard InChI is InChI=1S/C15H16ClNS/c16-12-3-1-2-11-14(9-4-5-9)13(18-15(11)12)8-17-10-6-7-10/h1-3,9-10,17H,4-8H2. The predicted octanol–water partition coefficient (Wildman–Crippen LogP) is 4.68. The summed E-state index contributed by atoms with van der Waals surface area (Å²) >= 11 is 8.23. The Morgan fingerprint density at radius 3 is 2.78 bits per heavy atom. The van der Waals surface area contributed by atoms with Gasteiger partial charge >= 0.3 is 0 Å². The smallest absolute Gasteiger partial charge is 0.0584 e. The summed E-state index contributed by atoms with van der Waals surface area (Å²) in [4.78, 5) is 1.52. The molecule has 2 fully saturated rings. The molecular formula is C15H16ClNS. The van der Waals surface area contributed by atoms with Crippen LogP contribution in [0.4, 0.5) is 0 Å². The van der Waals surface area contributed by atoms with Crippen LogP contribution in [0.5, 0.6) is 0 Å². The first-order chi connectivity index (χ1) is 8.83. The molecule has 0 aliphatic heterocycles. The first-order valence-corrected chi connectivity index (χ1v) is 7.95. The lowest BCUT2D eigenvalue weighted by molar-refractivity contribution is 0.691. The number of thiophene rings is 1. The van der Waals surface area contributed by atoms with Gasteiger partial charge in [-0.15, -0.1) is 11.3 Å². The van der Waals surface area contributed by atoms with Gasteiger partial charge in [0.25, 0.3) is 0 Å². The molecule has 0 amide bonds. The lowest BCUT2D eigenvalue weighted by Gasteiger charge is -2.04. The van der Waals surface area contributed by atoms with Crippen molar-refractivity contribution in [2.24, 2.45) is 0 Å². The van der Waals surface area contributed by atoms with E-state index in [1.165, 1.54) is 40.6 Å². The van der Waals surface area contributed by atoms with Crippen molar-refractivity contribution >= 4 is 33.0 Å². The summed E-state index contributed by atoms with van der Waals surface area (Å²) < 4.78 is 1.29. The van der Waals surface area contributed by atoms with Crippen LogP contribution in [-0.2, 0) is 6.54 Å². The van der Waals surface area contributed by atoms with Crippen molar-refractivity contribution in [1.29, 1.82) is 0 Å². The van der Waals surface area contributed by atoms with E-state index in [0.717, 1.165) is 23.5 Å². The van der Waals surface area contributed by atoms with Crippen molar-refractivity contribution in [2.75, 3.05) is 0 Å². The molecule has 2 aromatic rings. The highest BCUT2D eigenvalue weighted by atomic mass is 35.5. The van der Waals surface area contributed by atoms with Crippen LogP contribution in [0.1, 0.15) is 42.0 Å². The maximum Gasteiger partial charge on any atom is 0.0584 e. The van der Waals surface area contributed by atoms with E-state index in [2.05, 4.69) is 17.4 Å². The first-order valence-electron chi connectivity index (χ1n) is 6.76. The van der Waals surface area contributed by atoms with Gasteiger partial charge in [-0.2, -0.15) is 0 Å². The highest BCUT2D eigenvalue weighted by molar-refractivity contribution is 7.20. The molecule has 2 saturated carbocycles. The SMILES string of the molecule is Clc1cccc2c(C3CC3)c(CNC3CC3)sc12. The Morgan fingerprint density at radius 2 is 2.06 bits per heavy atom. The molecule has 0 spiro atoms. The average molecular weight is 278 g/mol. The highest BCUT2D eigenvalue weighted by Crippen LogP contribution is 2.49. The summed E-state index contributed by atoms with van der Waals surface area (Å²) in [6, 6.07) is 7.11. The molecule has 4 rings (SSSR count). The lowest BCUT2D eigenvalue weighted by atomic mass is 10.1. The van der Waals surface area contributed by atoms with Gasteiger partial charge < -0.3 is 5.32 Å². The molecule has 1 N–H and O–H groups in total. The number of hydrogen-bond acceptors (Lipinski definition) is 2. The number of nitrogens with one attached hydrogen (secondary N) is 1. The van der Waals surface area contributed by atoms with E-state index in [9.17, 15) is 0 Å². The fourth-order valence-electron chi connectivity index (χ4n) is 2.63. The zero-order valence-electron chi connectivity index (χ0n) is 10.2. The summed E-state index contributed by atoms with van der Waals surface area (Å²) in [5.74, 6) is 0.799. The van der Waals surface area contributed by atoms with Crippen molar-refractivity contribution in [3.05, 3.63) is 33.7 Å². The van der Waals surface area contributed by atoms with Gasteiger partial charge in [0.2, 0.25) is 0 Å². The summed E-state index contributed by atoms with van der Waals surface area (Å²) in [7, 11) is 0. The minimum Gasteiger partial charge on any atom is -0.309 e. The molecule has 1 heterocycles. The van der Waals surface area contributed by atoms with E-state index in [4.69, 9.17) is 11.6 Å². The van der Waals surface area contributed by atoms with Crippen LogP contribution in [0, 0.1) is 0 Å². The minimum absolute atomic E-state index is 0.776. The minimum atomic E-state index is 0.776. The van der Waals surface area contributed by atoms with Crippen molar-refractivity contribution in [3.63, 3.8) is 0 Å². The van der Waals surface area contributed by atoms with Crippen LogP contribution < -0.4 is 5.32 Å². The second-order valence-corrected chi connectivity index (χ2v) is 7.00. The van der Waals surface area contributed by atoms with E-state index in [0.29, 0.717) is 0 Å². The zero-order chi connectivity index (χ0) is 12.1. The number of halogens is 1. The normalized spacial score (nSPS) is 19.6.